The van der Waals surface area contributed by atoms with Crippen molar-refractivity contribution < 1.29 is 4.79 Å². The highest BCUT2D eigenvalue weighted by molar-refractivity contribution is 6.10. The number of fused-ring (bicyclic) bond motifs is 1. The lowest BCUT2D eigenvalue weighted by Crippen LogP contribution is -2.20. The third-order valence-corrected chi connectivity index (χ3v) is 2.70. The summed E-state index contributed by atoms with van der Waals surface area (Å²) < 4.78 is 0. The Labute approximate surface area is 112 Å². The van der Waals surface area contributed by atoms with Crippen LogP contribution in [0.5, 0.6) is 0 Å². The van der Waals surface area contributed by atoms with Crippen LogP contribution in [0.2, 0.25) is 0 Å². The first-order chi connectivity index (χ1) is 9.75. The van der Waals surface area contributed by atoms with E-state index in [2.05, 4.69) is 25.5 Å². The Morgan fingerprint density at radius 3 is 2.50 bits per heavy atom. The van der Waals surface area contributed by atoms with E-state index in [4.69, 9.17) is 0 Å². The van der Waals surface area contributed by atoms with Gasteiger partial charge in [0.2, 0.25) is 5.95 Å². The number of amides is 1. The van der Waals surface area contributed by atoms with E-state index in [1.165, 1.54) is 12.4 Å². The van der Waals surface area contributed by atoms with Crippen LogP contribution in [-0.4, -0.2) is 26.1 Å². The zero-order chi connectivity index (χ0) is 13.9. The van der Waals surface area contributed by atoms with Crippen molar-refractivity contribution in [3.8, 4) is 0 Å². The molecule has 7 nitrogen and oxygen atoms in total. The van der Waals surface area contributed by atoms with Crippen LogP contribution >= 0.6 is 0 Å². The number of carbonyl (C=O) groups is 1. The molecule has 20 heavy (non-hydrogen) atoms. The first-order valence-electron chi connectivity index (χ1n) is 5.81. The number of aromatic amines is 1. The fourth-order valence-corrected chi connectivity index (χ4v) is 1.81. The lowest BCUT2D eigenvalue weighted by Gasteiger charge is -2.04. The molecule has 0 saturated heterocycles. The summed E-state index contributed by atoms with van der Waals surface area (Å²) in [6.07, 6.45) is 3.03. The fraction of sp³-hybridized carbons (Fsp3) is 0. The number of nitrogens with zero attached hydrogens (tertiary/aromatic N) is 3. The average molecular weight is 267 g/mol. The van der Waals surface area contributed by atoms with E-state index in [1.54, 1.807) is 30.3 Å². The van der Waals surface area contributed by atoms with E-state index in [-0.39, 0.29) is 17.2 Å². The molecule has 0 spiro atoms. The maximum Gasteiger partial charge on any atom is 0.279 e. The summed E-state index contributed by atoms with van der Waals surface area (Å²) in [5.74, 6) is -0.307. The van der Waals surface area contributed by atoms with Crippen LogP contribution in [0.1, 0.15) is 10.5 Å². The summed E-state index contributed by atoms with van der Waals surface area (Å²) in [4.78, 5) is 31.6. The second-order valence-electron chi connectivity index (χ2n) is 3.97. The Balaban J connectivity index is 2.04. The first kappa shape index (κ1) is 12.0. The molecule has 2 heterocycles. The van der Waals surface area contributed by atoms with Gasteiger partial charge in [-0.15, -0.1) is 0 Å². The third kappa shape index (κ3) is 2.12. The number of hydrogen-bond acceptors (Lipinski definition) is 5. The zero-order valence-corrected chi connectivity index (χ0v) is 10.2. The molecule has 2 aromatic heterocycles. The van der Waals surface area contributed by atoms with Crippen LogP contribution in [0, 0.1) is 0 Å². The van der Waals surface area contributed by atoms with E-state index < -0.39 is 5.91 Å². The molecule has 0 radical (unpaired) electrons. The molecule has 0 aliphatic heterocycles. The summed E-state index contributed by atoms with van der Waals surface area (Å²) in [6, 6.07) is 8.39. The number of anilines is 1. The second kappa shape index (κ2) is 4.88. The summed E-state index contributed by atoms with van der Waals surface area (Å²) >= 11 is 0. The Morgan fingerprint density at radius 2 is 1.75 bits per heavy atom. The van der Waals surface area contributed by atoms with Gasteiger partial charge in [-0.1, -0.05) is 18.2 Å². The number of H-pyrrole nitrogens is 1. The summed E-state index contributed by atoms with van der Waals surface area (Å²) in [7, 11) is 0. The van der Waals surface area contributed by atoms with E-state index >= 15 is 0 Å². The maximum atomic E-state index is 12.2. The van der Waals surface area contributed by atoms with Crippen molar-refractivity contribution in [1.82, 2.24) is 20.2 Å². The van der Waals surface area contributed by atoms with Crippen molar-refractivity contribution in [2.45, 2.75) is 0 Å². The van der Waals surface area contributed by atoms with Crippen molar-refractivity contribution in [3.63, 3.8) is 0 Å². The minimum absolute atomic E-state index is 0.118. The van der Waals surface area contributed by atoms with Gasteiger partial charge in [-0.2, -0.15) is 5.10 Å². The molecule has 0 aliphatic rings. The van der Waals surface area contributed by atoms with Gasteiger partial charge in [0.25, 0.3) is 11.5 Å². The van der Waals surface area contributed by atoms with Crippen molar-refractivity contribution in [2.24, 2.45) is 0 Å². The highest BCUT2D eigenvalue weighted by Crippen LogP contribution is 2.13. The average Bonchev–Trinajstić information content (AvgIpc) is 2.49. The molecule has 0 atom stereocenters. The smallest absolute Gasteiger partial charge is 0.279 e. The van der Waals surface area contributed by atoms with Gasteiger partial charge in [-0.05, 0) is 12.1 Å². The normalized spacial score (nSPS) is 10.4. The van der Waals surface area contributed by atoms with E-state index in [0.29, 0.717) is 10.8 Å². The fourth-order valence-electron chi connectivity index (χ4n) is 1.81. The molecule has 1 amide bonds. The highest BCUT2D eigenvalue weighted by Gasteiger charge is 2.14. The molecule has 0 aliphatic carbocycles. The minimum Gasteiger partial charge on any atom is -0.289 e. The van der Waals surface area contributed by atoms with Crippen molar-refractivity contribution in [1.29, 1.82) is 0 Å². The number of nitrogens with one attached hydrogen (secondary N) is 2. The molecule has 3 aromatic rings. The Hall–Kier alpha value is -3.09. The zero-order valence-electron chi connectivity index (χ0n) is 10.2. The largest absolute Gasteiger partial charge is 0.289 e. The molecule has 0 saturated carbocycles. The Kier molecular flexibility index (Phi) is 2.92. The summed E-state index contributed by atoms with van der Waals surface area (Å²) in [6.45, 7) is 0. The molecular weight excluding hydrogens is 258 g/mol. The minimum atomic E-state index is -0.483. The third-order valence-electron chi connectivity index (χ3n) is 2.70. The van der Waals surface area contributed by atoms with Gasteiger partial charge in [0, 0.05) is 17.8 Å². The van der Waals surface area contributed by atoms with Gasteiger partial charge in [0.15, 0.2) is 5.69 Å². The standard InChI is InChI=1S/C13H9N5O2/c19-11-9-5-2-1-4-8(9)10(17-18-11)12(20)16-13-14-6-3-7-15-13/h1-7H,(H,18,19)(H,14,15,16,20). The molecule has 3 rings (SSSR count). The van der Waals surface area contributed by atoms with E-state index in [0.717, 1.165) is 0 Å². The van der Waals surface area contributed by atoms with Gasteiger partial charge < -0.3 is 0 Å². The molecule has 0 fully saturated rings. The van der Waals surface area contributed by atoms with Crippen LogP contribution in [0.3, 0.4) is 0 Å². The molecule has 7 heteroatoms. The van der Waals surface area contributed by atoms with Gasteiger partial charge in [0.1, 0.15) is 0 Å². The topological polar surface area (TPSA) is 101 Å². The molecule has 0 bridgehead atoms. The molecule has 1 aromatic carbocycles. The van der Waals surface area contributed by atoms with Crippen molar-refractivity contribution in [3.05, 3.63) is 58.8 Å². The van der Waals surface area contributed by atoms with Crippen molar-refractivity contribution in [2.75, 3.05) is 5.32 Å². The van der Waals surface area contributed by atoms with Crippen LogP contribution in [0.15, 0.2) is 47.5 Å². The van der Waals surface area contributed by atoms with Crippen LogP contribution < -0.4 is 10.9 Å². The molecular formula is C13H9N5O2. The second-order valence-corrected chi connectivity index (χ2v) is 3.97. The van der Waals surface area contributed by atoms with E-state index in [9.17, 15) is 9.59 Å². The molecule has 98 valence electrons. The SMILES string of the molecule is O=C(Nc1ncccn1)c1n[nH]c(=O)c2ccccc12. The van der Waals surface area contributed by atoms with Crippen molar-refractivity contribution >= 4 is 22.6 Å². The van der Waals surface area contributed by atoms with Crippen LogP contribution in [-0.2, 0) is 0 Å². The first-order valence-corrected chi connectivity index (χ1v) is 5.81. The monoisotopic (exact) mass is 267 g/mol. The lowest BCUT2D eigenvalue weighted by atomic mass is 10.1. The number of aromatic nitrogens is 4. The predicted octanol–water partition coefficient (Wildman–Crippen LogP) is 0.965. The maximum absolute atomic E-state index is 12.2. The summed E-state index contributed by atoms with van der Waals surface area (Å²) in [5, 5.41) is 9.50. The number of benzene rings is 1. The van der Waals surface area contributed by atoms with Crippen LogP contribution in [0.25, 0.3) is 10.8 Å². The number of carbonyl (C=O) groups excluding carboxylic acids is 1. The van der Waals surface area contributed by atoms with Gasteiger partial charge in [-0.3, -0.25) is 14.9 Å². The van der Waals surface area contributed by atoms with Gasteiger partial charge >= 0.3 is 0 Å². The Bertz CT molecular complexity index is 829. The highest BCUT2D eigenvalue weighted by atomic mass is 16.2. The van der Waals surface area contributed by atoms with E-state index in [1.807, 2.05) is 0 Å². The van der Waals surface area contributed by atoms with Gasteiger partial charge in [0.05, 0.1) is 5.39 Å². The predicted molar refractivity (Wildman–Crippen MR) is 72.3 cm³/mol. The van der Waals surface area contributed by atoms with Gasteiger partial charge in [-0.25, -0.2) is 15.1 Å². The lowest BCUT2D eigenvalue weighted by molar-refractivity contribution is 0.102. The Morgan fingerprint density at radius 1 is 1.05 bits per heavy atom. The summed E-state index contributed by atoms with van der Waals surface area (Å²) in [5.41, 5.74) is -0.222. The molecule has 0 unspecified atom stereocenters. The number of hydrogen-bond donors (Lipinski definition) is 2. The molecule has 2 N–H and O–H groups in total. The number of rotatable bonds is 2. The quantitative estimate of drug-likeness (QED) is 0.720. The van der Waals surface area contributed by atoms with Crippen LogP contribution in [0.4, 0.5) is 5.95 Å².